The Labute approximate surface area is 646 Å². The van der Waals surface area contributed by atoms with Gasteiger partial charge in [0.1, 0.15) is 0 Å². The van der Waals surface area contributed by atoms with Crippen LogP contribution in [-0.2, 0) is 38.5 Å². The van der Waals surface area contributed by atoms with Crippen LogP contribution in [0.2, 0.25) is 0 Å². The Morgan fingerprint density at radius 3 is 1.07 bits per heavy atom. The van der Waals surface area contributed by atoms with Crippen molar-refractivity contribution in [1.29, 1.82) is 0 Å². The van der Waals surface area contributed by atoms with Crippen LogP contribution in [0, 0.1) is 0 Å². The van der Waals surface area contributed by atoms with Gasteiger partial charge in [-0.05, 0) is 231 Å². The zero-order valence-corrected chi connectivity index (χ0v) is 62.6. The predicted molar refractivity (Wildman–Crippen MR) is 457 cm³/mol. The maximum atomic E-state index is 4.08. The molecule has 0 aliphatic carbocycles. The van der Waals surface area contributed by atoms with E-state index in [1.807, 2.05) is 202 Å². The van der Waals surface area contributed by atoms with Crippen LogP contribution in [0.4, 0.5) is 0 Å². The average molecular weight is 1420 g/mol. The van der Waals surface area contributed by atoms with Crippen molar-refractivity contribution in [3.05, 3.63) is 483 Å². The maximum absolute atomic E-state index is 4.08. The fourth-order valence-electron chi connectivity index (χ4n) is 10.8. The van der Waals surface area contributed by atoms with E-state index in [0.29, 0.717) is 0 Å². The molecule has 0 fully saturated rings. The number of unbranched alkanes of at least 4 members (excludes halogenated alkanes) is 1. The van der Waals surface area contributed by atoms with Gasteiger partial charge in [-0.25, -0.2) is 0 Å². The van der Waals surface area contributed by atoms with Crippen LogP contribution in [0.25, 0.3) is 51.3 Å². The molecule has 0 atom stereocenters. The number of benzene rings is 7. The van der Waals surface area contributed by atoms with Crippen LogP contribution < -0.4 is 0 Å². The number of hydrogen-bond acceptors (Lipinski definition) is 9. The highest BCUT2D eigenvalue weighted by molar-refractivity contribution is 5.92. The summed E-state index contributed by atoms with van der Waals surface area (Å²) in [5.41, 5.74) is 19.0. The first-order chi connectivity index (χ1) is 54.0. The molecular formula is C100H97N9. The van der Waals surface area contributed by atoms with Gasteiger partial charge >= 0.3 is 0 Å². The van der Waals surface area contributed by atoms with Gasteiger partial charge in [-0.2, -0.15) is 0 Å². The van der Waals surface area contributed by atoms with Crippen LogP contribution >= 0.6 is 0 Å². The molecule has 0 unspecified atom stereocenters. The summed E-state index contributed by atoms with van der Waals surface area (Å²) in [6.07, 6.45) is 49.2. The van der Waals surface area contributed by atoms with Crippen LogP contribution in [-0.4, -0.2) is 44.9 Å². The monoisotopic (exact) mass is 1420 g/mol. The summed E-state index contributed by atoms with van der Waals surface area (Å²) in [6.45, 7) is 7.93. The Kier molecular flexibility index (Phi) is 38.6. The molecule has 0 spiro atoms. The highest BCUT2D eigenvalue weighted by Gasteiger charge is 2.00. The molecule has 0 N–H and O–H groups in total. The van der Waals surface area contributed by atoms with Crippen LogP contribution in [0.3, 0.4) is 0 Å². The Hall–Kier alpha value is -13.4. The maximum Gasteiger partial charge on any atom is 0.0346 e. The molecule has 9 nitrogen and oxygen atoms in total. The number of rotatable bonds is 17. The van der Waals surface area contributed by atoms with Gasteiger partial charge in [-0.1, -0.05) is 263 Å². The largest absolute Gasteiger partial charge is 0.265 e. The third-order valence-electron chi connectivity index (χ3n) is 16.7. The minimum atomic E-state index is 0.967. The third-order valence-corrected chi connectivity index (χ3v) is 16.7. The van der Waals surface area contributed by atoms with Crippen LogP contribution in [0.15, 0.2) is 421 Å². The smallest absolute Gasteiger partial charge is 0.0346 e. The van der Waals surface area contributed by atoms with E-state index in [1.165, 1.54) is 103 Å². The number of hydrogen-bond donors (Lipinski definition) is 0. The summed E-state index contributed by atoms with van der Waals surface area (Å²) >= 11 is 0. The molecule has 0 bridgehead atoms. The van der Waals surface area contributed by atoms with E-state index in [-0.39, 0.29) is 0 Å². The lowest BCUT2D eigenvalue weighted by molar-refractivity contribution is 0.792. The lowest BCUT2D eigenvalue weighted by Crippen LogP contribution is -1.89. The number of aromatic nitrogens is 9. The molecular weight excluding hydrogens is 1330 g/mol. The third kappa shape index (κ3) is 34.0. The molecule has 0 aliphatic rings. The predicted octanol–water partition coefficient (Wildman–Crippen LogP) is 24.3. The lowest BCUT2D eigenvalue weighted by atomic mass is 10.0. The minimum Gasteiger partial charge on any atom is -0.265 e. The van der Waals surface area contributed by atoms with E-state index in [0.717, 1.165) is 48.8 Å². The first-order valence-corrected chi connectivity index (χ1v) is 37.1. The standard InChI is InChI=1S/C17H13N.C14H15N.2C12H11N.2C11H9N.C9H13N.C7H7N.C7H9N/c1-2-7-17-15(4-1)5-3-6-16(17)9-8-14-10-12-18-13-11-14;1-2-5-13(6-3-1)7-4-8-14-9-11-15-12-10-14;1-2-5-11(6-3-1)9-12-7-4-8-13-10-12;1-2-4-11(5-3-1)10-12-6-8-13-9-7-12;1-2-5-10(6-3-1)11-7-4-8-12-9-11;1-2-4-10(5-3-1)11-6-8-12-9-7-11;1-2-3-5-9-6-4-7-10-8-9;1-2-7-3-5-8-6-4-7;1-2-7-4-3-5-8-6-7/h1-13H;1-3,5-6,9-12H,4,7-8H2;1-8,10H,9H2;1-9H,10H2;2*1-9H;4,6-8H,2-3,5H2,1H3;2-6H,1H2;3-6H,2H2,1H3/b9-8+;;;;;;;;. The summed E-state index contributed by atoms with van der Waals surface area (Å²) in [4.78, 5) is 36.0. The van der Waals surface area contributed by atoms with Gasteiger partial charge in [-0.15, -0.1) is 0 Å². The topological polar surface area (TPSA) is 116 Å². The van der Waals surface area contributed by atoms with E-state index >= 15 is 0 Å². The van der Waals surface area contributed by atoms with Gasteiger partial charge in [0.15, 0.2) is 0 Å². The first-order valence-electron chi connectivity index (χ1n) is 37.1. The second-order valence-electron chi connectivity index (χ2n) is 24.8. The normalized spacial score (nSPS) is 9.89. The molecule has 0 radical (unpaired) electrons. The van der Waals surface area contributed by atoms with Crippen molar-refractivity contribution in [3.63, 3.8) is 0 Å². The summed E-state index contributed by atoms with van der Waals surface area (Å²) in [7, 11) is 0. The Balaban J connectivity index is 0.000000156. The highest BCUT2D eigenvalue weighted by atomic mass is 14.6. The highest BCUT2D eigenvalue weighted by Crippen LogP contribution is 2.22. The fourth-order valence-corrected chi connectivity index (χ4v) is 10.8. The van der Waals surface area contributed by atoms with Gasteiger partial charge in [0.05, 0.1) is 0 Å². The van der Waals surface area contributed by atoms with Crippen molar-refractivity contribution >= 4 is 29.0 Å². The van der Waals surface area contributed by atoms with Gasteiger partial charge in [0.25, 0.3) is 0 Å². The summed E-state index contributed by atoms with van der Waals surface area (Å²) in [5.74, 6) is 0. The molecule has 542 valence electrons. The molecule has 9 heteroatoms. The second kappa shape index (κ2) is 51.7. The molecule has 0 aliphatic heterocycles. The summed E-state index contributed by atoms with van der Waals surface area (Å²) < 4.78 is 0. The summed E-state index contributed by atoms with van der Waals surface area (Å²) in [6, 6.07) is 103. The zero-order valence-electron chi connectivity index (χ0n) is 62.6. The van der Waals surface area contributed by atoms with E-state index < -0.39 is 0 Å². The minimum absolute atomic E-state index is 0.967. The molecule has 0 amide bonds. The number of nitrogens with zero attached hydrogens (tertiary/aromatic N) is 9. The summed E-state index contributed by atoms with van der Waals surface area (Å²) in [5, 5.41) is 2.56. The van der Waals surface area contributed by atoms with E-state index in [9.17, 15) is 0 Å². The number of aryl methyl sites for hydroxylation is 4. The van der Waals surface area contributed by atoms with Gasteiger partial charge in [0, 0.05) is 112 Å². The van der Waals surface area contributed by atoms with Crippen molar-refractivity contribution in [2.24, 2.45) is 0 Å². The van der Waals surface area contributed by atoms with Crippen molar-refractivity contribution in [1.82, 2.24) is 44.9 Å². The Morgan fingerprint density at radius 1 is 0.248 bits per heavy atom. The van der Waals surface area contributed by atoms with Crippen molar-refractivity contribution < 1.29 is 0 Å². The number of pyridine rings is 9. The Bertz CT molecular complexity index is 4550. The van der Waals surface area contributed by atoms with E-state index in [4.69, 9.17) is 0 Å². The van der Waals surface area contributed by atoms with E-state index in [2.05, 4.69) is 259 Å². The van der Waals surface area contributed by atoms with E-state index in [1.54, 1.807) is 37.1 Å². The van der Waals surface area contributed by atoms with Crippen molar-refractivity contribution in [3.8, 4) is 22.3 Å². The van der Waals surface area contributed by atoms with Gasteiger partial charge in [-0.3, -0.25) is 44.9 Å². The fraction of sp³-hybridized carbons (Fsp3) is 0.110. The molecule has 7 aromatic carbocycles. The molecule has 16 rings (SSSR count). The molecule has 9 heterocycles. The first kappa shape index (κ1) is 81.3. The lowest BCUT2D eigenvalue weighted by Gasteiger charge is -2.01. The van der Waals surface area contributed by atoms with Crippen molar-refractivity contribution in [2.45, 2.75) is 71.6 Å². The molecule has 0 saturated heterocycles. The quantitative estimate of drug-likeness (QED) is 0.0879. The van der Waals surface area contributed by atoms with Gasteiger partial charge < -0.3 is 0 Å². The van der Waals surface area contributed by atoms with Crippen LogP contribution in [0.5, 0.6) is 0 Å². The van der Waals surface area contributed by atoms with Crippen LogP contribution in [0.1, 0.15) is 94.3 Å². The SMILES string of the molecule is C(=C\c1cccc2ccccc12)/c1ccncc1.C=Cc1ccncc1.CCCCc1cccnc1.CCc1cccnc1.c1ccc(-c2cccnc2)cc1.c1ccc(-c2ccncc2)cc1.c1ccc(CCCc2ccncc2)cc1.c1ccc(Cc2cccnc2)cc1.c1ccc(Cc2ccncc2)cc1. The molecule has 16 aromatic rings. The zero-order chi connectivity index (χ0) is 75.7. The molecule has 0 saturated carbocycles. The van der Waals surface area contributed by atoms with Crippen molar-refractivity contribution in [2.75, 3.05) is 0 Å². The average Bonchev–Trinajstić information content (AvgIpc) is 0.834. The second-order valence-corrected chi connectivity index (χ2v) is 24.8. The molecule has 9 aromatic heterocycles. The Morgan fingerprint density at radius 2 is 0.606 bits per heavy atom. The molecule has 109 heavy (non-hydrogen) atoms. The number of fused-ring (bicyclic) bond motifs is 1. The van der Waals surface area contributed by atoms with Gasteiger partial charge in [0.2, 0.25) is 0 Å².